The van der Waals surface area contributed by atoms with Crippen molar-refractivity contribution >= 4 is 22.9 Å². The van der Waals surface area contributed by atoms with Gasteiger partial charge in [-0.25, -0.2) is 4.98 Å². The van der Waals surface area contributed by atoms with Gasteiger partial charge in [0, 0.05) is 28.9 Å². The van der Waals surface area contributed by atoms with Crippen molar-refractivity contribution in [1.82, 2.24) is 4.98 Å². The first-order chi connectivity index (χ1) is 8.22. The number of aromatic nitrogens is 1. The SMILES string of the molecule is COc1ccc(Cl)cc1Cc1nc(CN)cs1. The van der Waals surface area contributed by atoms with Crippen LogP contribution in [0.25, 0.3) is 0 Å². The van der Waals surface area contributed by atoms with Gasteiger partial charge in [-0.05, 0) is 18.2 Å². The van der Waals surface area contributed by atoms with Gasteiger partial charge in [0.25, 0.3) is 0 Å². The van der Waals surface area contributed by atoms with E-state index in [0.717, 1.165) is 22.0 Å². The largest absolute Gasteiger partial charge is 0.496 e. The molecule has 3 nitrogen and oxygen atoms in total. The lowest BCUT2D eigenvalue weighted by atomic mass is 10.1. The number of ether oxygens (including phenoxy) is 1. The topological polar surface area (TPSA) is 48.1 Å². The second kappa shape index (κ2) is 5.49. The smallest absolute Gasteiger partial charge is 0.122 e. The summed E-state index contributed by atoms with van der Waals surface area (Å²) in [6, 6.07) is 5.59. The van der Waals surface area contributed by atoms with Crippen LogP contribution < -0.4 is 10.5 Å². The zero-order chi connectivity index (χ0) is 12.3. The quantitative estimate of drug-likeness (QED) is 0.928. The number of rotatable bonds is 4. The van der Waals surface area contributed by atoms with E-state index in [1.807, 2.05) is 23.6 Å². The molecule has 0 saturated heterocycles. The summed E-state index contributed by atoms with van der Waals surface area (Å²) in [5, 5.41) is 3.70. The van der Waals surface area contributed by atoms with E-state index in [1.165, 1.54) is 0 Å². The van der Waals surface area contributed by atoms with Crippen molar-refractivity contribution < 1.29 is 4.74 Å². The highest BCUT2D eigenvalue weighted by molar-refractivity contribution is 7.09. The predicted octanol–water partition coefficient (Wildman–Crippen LogP) is 2.85. The normalized spacial score (nSPS) is 10.5. The van der Waals surface area contributed by atoms with Gasteiger partial charge in [-0.15, -0.1) is 11.3 Å². The molecule has 0 saturated carbocycles. The van der Waals surface area contributed by atoms with Crippen LogP contribution in [0.3, 0.4) is 0 Å². The van der Waals surface area contributed by atoms with Crippen LogP contribution in [0.15, 0.2) is 23.6 Å². The van der Waals surface area contributed by atoms with E-state index in [4.69, 9.17) is 22.1 Å². The van der Waals surface area contributed by atoms with Gasteiger partial charge in [-0.2, -0.15) is 0 Å². The van der Waals surface area contributed by atoms with Gasteiger partial charge in [-0.3, -0.25) is 0 Å². The van der Waals surface area contributed by atoms with E-state index >= 15 is 0 Å². The number of methoxy groups -OCH3 is 1. The monoisotopic (exact) mass is 268 g/mol. The van der Waals surface area contributed by atoms with Gasteiger partial charge < -0.3 is 10.5 Å². The minimum Gasteiger partial charge on any atom is -0.496 e. The van der Waals surface area contributed by atoms with Crippen molar-refractivity contribution in [2.45, 2.75) is 13.0 Å². The summed E-state index contributed by atoms with van der Waals surface area (Å²) in [6.07, 6.45) is 0.717. The van der Waals surface area contributed by atoms with E-state index < -0.39 is 0 Å². The van der Waals surface area contributed by atoms with Gasteiger partial charge >= 0.3 is 0 Å². The summed E-state index contributed by atoms with van der Waals surface area (Å²) in [5.41, 5.74) is 7.50. The average molecular weight is 269 g/mol. The lowest BCUT2D eigenvalue weighted by Gasteiger charge is -2.07. The summed E-state index contributed by atoms with van der Waals surface area (Å²) in [7, 11) is 1.65. The van der Waals surface area contributed by atoms with Crippen molar-refractivity contribution in [2.24, 2.45) is 5.73 Å². The molecule has 0 spiro atoms. The minimum absolute atomic E-state index is 0.475. The summed E-state index contributed by atoms with van der Waals surface area (Å²) >= 11 is 7.58. The molecule has 1 aromatic carbocycles. The third-order valence-electron chi connectivity index (χ3n) is 2.39. The van der Waals surface area contributed by atoms with E-state index in [9.17, 15) is 0 Å². The molecule has 0 fully saturated rings. The lowest BCUT2D eigenvalue weighted by molar-refractivity contribution is 0.410. The average Bonchev–Trinajstić information content (AvgIpc) is 2.77. The standard InChI is InChI=1S/C12H13ClN2OS/c1-16-11-3-2-9(13)4-8(11)5-12-15-10(6-14)7-17-12/h2-4,7H,5-6,14H2,1H3. The fraction of sp³-hybridized carbons (Fsp3) is 0.250. The summed E-state index contributed by atoms with van der Waals surface area (Å²) < 4.78 is 5.30. The maximum absolute atomic E-state index is 5.98. The highest BCUT2D eigenvalue weighted by atomic mass is 35.5. The second-order valence-corrected chi connectivity index (χ2v) is 4.95. The molecule has 0 atom stereocenters. The van der Waals surface area contributed by atoms with E-state index in [1.54, 1.807) is 18.4 Å². The van der Waals surface area contributed by atoms with Crippen LogP contribution in [0.5, 0.6) is 5.75 Å². The Morgan fingerprint density at radius 1 is 1.47 bits per heavy atom. The molecule has 0 aliphatic carbocycles. The predicted molar refractivity (Wildman–Crippen MR) is 70.8 cm³/mol. The maximum Gasteiger partial charge on any atom is 0.122 e. The fourth-order valence-electron chi connectivity index (χ4n) is 1.57. The van der Waals surface area contributed by atoms with Gasteiger partial charge in [0.15, 0.2) is 0 Å². The van der Waals surface area contributed by atoms with E-state index in [0.29, 0.717) is 18.0 Å². The summed E-state index contributed by atoms with van der Waals surface area (Å²) in [4.78, 5) is 4.42. The molecule has 0 amide bonds. The van der Waals surface area contributed by atoms with Gasteiger partial charge in [0.1, 0.15) is 5.75 Å². The molecule has 0 bridgehead atoms. The third-order valence-corrected chi connectivity index (χ3v) is 3.53. The summed E-state index contributed by atoms with van der Waals surface area (Å²) in [6.45, 7) is 0.475. The Balaban J connectivity index is 2.25. The molecule has 1 aromatic heterocycles. The number of thiazole rings is 1. The van der Waals surface area contributed by atoms with Crippen LogP contribution in [-0.4, -0.2) is 12.1 Å². The van der Waals surface area contributed by atoms with Crippen LogP contribution in [0, 0.1) is 0 Å². The molecule has 2 rings (SSSR count). The first-order valence-corrected chi connectivity index (χ1v) is 6.44. The molecule has 90 valence electrons. The number of halogens is 1. The van der Waals surface area contributed by atoms with Crippen LogP contribution in [-0.2, 0) is 13.0 Å². The lowest BCUT2D eigenvalue weighted by Crippen LogP contribution is -1.97. The molecule has 1 heterocycles. The first-order valence-electron chi connectivity index (χ1n) is 5.18. The molecular weight excluding hydrogens is 256 g/mol. The van der Waals surface area contributed by atoms with E-state index in [2.05, 4.69) is 4.98 Å². The fourth-order valence-corrected chi connectivity index (χ4v) is 2.60. The number of hydrogen-bond acceptors (Lipinski definition) is 4. The Kier molecular flexibility index (Phi) is 3.99. The highest BCUT2D eigenvalue weighted by Gasteiger charge is 2.08. The minimum atomic E-state index is 0.475. The van der Waals surface area contributed by atoms with Crippen molar-refractivity contribution in [3.63, 3.8) is 0 Å². The number of nitrogens with zero attached hydrogens (tertiary/aromatic N) is 1. The number of hydrogen-bond donors (Lipinski definition) is 1. The van der Waals surface area contributed by atoms with Crippen LogP contribution in [0.2, 0.25) is 5.02 Å². The van der Waals surface area contributed by atoms with Crippen LogP contribution in [0.4, 0.5) is 0 Å². The molecule has 0 aliphatic heterocycles. The van der Waals surface area contributed by atoms with Crippen molar-refractivity contribution in [3.05, 3.63) is 44.9 Å². The maximum atomic E-state index is 5.98. The Hall–Kier alpha value is -1.10. The molecule has 0 unspecified atom stereocenters. The van der Waals surface area contributed by atoms with Crippen LogP contribution >= 0.6 is 22.9 Å². The highest BCUT2D eigenvalue weighted by Crippen LogP contribution is 2.26. The Morgan fingerprint density at radius 3 is 2.94 bits per heavy atom. The molecule has 17 heavy (non-hydrogen) atoms. The third kappa shape index (κ3) is 2.97. The Labute approximate surface area is 109 Å². The summed E-state index contributed by atoms with van der Waals surface area (Å²) in [5.74, 6) is 0.832. The first kappa shape index (κ1) is 12.4. The van der Waals surface area contributed by atoms with Gasteiger partial charge in [-0.1, -0.05) is 11.6 Å². The number of benzene rings is 1. The zero-order valence-electron chi connectivity index (χ0n) is 9.44. The second-order valence-electron chi connectivity index (χ2n) is 3.57. The molecule has 2 aromatic rings. The molecule has 5 heteroatoms. The Bertz CT molecular complexity index is 513. The molecule has 0 aliphatic rings. The number of nitrogens with two attached hydrogens (primary N) is 1. The molecule has 0 radical (unpaired) electrons. The Morgan fingerprint density at radius 2 is 2.29 bits per heavy atom. The van der Waals surface area contributed by atoms with E-state index in [-0.39, 0.29) is 0 Å². The molecular formula is C12H13ClN2OS. The van der Waals surface area contributed by atoms with Gasteiger partial charge in [0.05, 0.1) is 17.8 Å². The molecule has 2 N–H and O–H groups in total. The van der Waals surface area contributed by atoms with Gasteiger partial charge in [0.2, 0.25) is 0 Å². The van der Waals surface area contributed by atoms with Crippen LogP contribution in [0.1, 0.15) is 16.3 Å². The zero-order valence-corrected chi connectivity index (χ0v) is 11.0. The van der Waals surface area contributed by atoms with Crippen molar-refractivity contribution in [1.29, 1.82) is 0 Å². The van der Waals surface area contributed by atoms with Crippen molar-refractivity contribution in [2.75, 3.05) is 7.11 Å². The van der Waals surface area contributed by atoms with Crippen molar-refractivity contribution in [3.8, 4) is 5.75 Å².